The molecule has 0 N–H and O–H groups in total. The average molecular weight is 163 g/mol. The molecule has 1 aliphatic heterocycles. The van der Waals surface area contributed by atoms with Crippen molar-refractivity contribution in [3.63, 3.8) is 0 Å². The molecule has 0 saturated carbocycles. The van der Waals surface area contributed by atoms with E-state index in [1.165, 1.54) is 6.26 Å². The molecule has 0 aromatic heterocycles. The quantitative estimate of drug-likeness (QED) is 0.562. The number of likely N-dealkylation sites (tertiary alicyclic amines) is 1. The third-order valence-corrected chi connectivity index (χ3v) is 3.49. The molecule has 4 heteroatoms. The van der Waals surface area contributed by atoms with Gasteiger partial charge in [-0.15, -0.1) is 0 Å². The lowest BCUT2D eigenvalue weighted by Crippen LogP contribution is -2.53. The van der Waals surface area contributed by atoms with Crippen LogP contribution in [-0.4, -0.2) is 44.5 Å². The summed E-state index contributed by atoms with van der Waals surface area (Å²) in [6.45, 7) is 4.47. The van der Waals surface area contributed by atoms with Crippen molar-refractivity contribution >= 4 is 9.84 Å². The second-order valence-corrected chi connectivity index (χ2v) is 5.13. The van der Waals surface area contributed by atoms with E-state index in [4.69, 9.17) is 0 Å². The lowest BCUT2D eigenvalue weighted by Gasteiger charge is -2.36. The predicted octanol–water partition coefficient (Wildman–Crippen LogP) is -0.265. The van der Waals surface area contributed by atoms with Gasteiger partial charge >= 0.3 is 0 Å². The maximum absolute atomic E-state index is 10.8. The van der Waals surface area contributed by atoms with Crippen LogP contribution in [0.2, 0.25) is 0 Å². The fraction of sp³-hybridized carbons (Fsp3) is 1.00. The van der Waals surface area contributed by atoms with Crippen molar-refractivity contribution in [2.75, 3.05) is 25.9 Å². The molecule has 1 rings (SSSR count). The molecule has 0 aliphatic carbocycles. The van der Waals surface area contributed by atoms with Crippen LogP contribution in [-0.2, 0) is 9.84 Å². The number of sulfone groups is 1. The fourth-order valence-corrected chi connectivity index (χ4v) is 2.01. The number of rotatable bonds is 2. The van der Waals surface area contributed by atoms with E-state index in [0.29, 0.717) is 0 Å². The SMILES string of the molecule is CCN1CC(S(C)(=O)=O)C1. The van der Waals surface area contributed by atoms with E-state index in [9.17, 15) is 8.42 Å². The molecule has 1 aliphatic rings. The Hall–Kier alpha value is -0.0900. The third kappa shape index (κ3) is 1.49. The minimum absolute atomic E-state index is 0.0903. The zero-order chi connectivity index (χ0) is 7.78. The Balaban J connectivity index is 2.41. The standard InChI is InChI=1S/C6H13NO2S/c1-3-7-4-6(5-7)10(2,8)9/h6H,3-5H2,1-2H3. The summed E-state index contributed by atoms with van der Waals surface area (Å²) < 4.78 is 21.7. The van der Waals surface area contributed by atoms with Gasteiger partial charge in [0.1, 0.15) is 0 Å². The lowest BCUT2D eigenvalue weighted by atomic mass is 10.2. The molecule has 0 amide bonds. The Morgan fingerprint density at radius 1 is 1.50 bits per heavy atom. The van der Waals surface area contributed by atoms with E-state index in [1.807, 2.05) is 6.92 Å². The first-order valence-corrected chi connectivity index (χ1v) is 5.40. The summed E-state index contributed by atoms with van der Waals surface area (Å²) in [6, 6.07) is 0. The van der Waals surface area contributed by atoms with Gasteiger partial charge < -0.3 is 4.90 Å². The minimum Gasteiger partial charge on any atom is -0.301 e. The van der Waals surface area contributed by atoms with E-state index >= 15 is 0 Å². The molecule has 1 fully saturated rings. The van der Waals surface area contributed by atoms with Crippen LogP contribution < -0.4 is 0 Å². The first-order valence-electron chi connectivity index (χ1n) is 3.45. The highest BCUT2D eigenvalue weighted by Crippen LogP contribution is 2.13. The van der Waals surface area contributed by atoms with Crippen molar-refractivity contribution in [3.05, 3.63) is 0 Å². The summed E-state index contributed by atoms with van der Waals surface area (Å²) in [5.41, 5.74) is 0. The lowest BCUT2D eigenvalue weighted by molar-refractivity contribution is 0.196. The van der Waals surface area contributed by atoms with Crippen LogP contribution in [0, 0.1) is 0 Å². The van der Waals surface area contributed by atoms with Gasteiger partial charge in [-0.3, -0.25) is 0 Å². The van der Waals surface area contributed by atoms with Crippen LogP contribution in [0.15, 0.2) is 0 Å². The number of nitrogens with zero attached hydrogens (tertiary/aromatic N) is 1. The Kier molecular flexibility index (Phi) is 2.01. The molecule has 0 aromatic rings. The van der Waals surface area contributed by atoms with Gasteiger partial charge in [0, 0.05) is 19.3 Å². The highest BCUT2D eigenvalue weighted by Gasteiger charge is 2.32. The van der Waals surface area contributed by atoms with Crippen molar-refractivity contribution in [3.8, 4) is 0 Å². The molecule has 1 heterocycles. The van der Waals surface area contributed by atoms with Gasteiger partial charge in [-0.05, 0) is 6.54 Å². The smallest absolute Gasteiger partial charge is 0.152 e. The van der Waals surface area contributed by atoms with Crippen molar-refractivity contribution in [2.24, 2.45) is 0 Å². The monoisotopic (exact) mass is 163 g/mol. The average Bonchev–Trinajstić information content (AvgIpc) is 1.57. The first kappa shape index (κ1) is 8.01. The molecule has 0 bridgehead atoms. The van der Waals surface area contributed by atoms with Gasteiger partial charge in [-0.25, -0.2) is 8.42 Å². The van der Waals surface area contributed by atoms with Crippen LogP contribution in [0.4, 0.5) is 0 Å². The van der Waals surface area contributed by atoms with E-state index in [-0.39, 0.29) is 5.25 Å². The van der Waals surface area contributed by atoms with Crippen LogP contribution in [0.1, 0.15) is 6.92 Å². The maximum atomic E-state index is 10.8. The van der Waals surface area contributed by atoms with E-state index in [1.54, 1.807) is 0 Å². The molecule has 3 nitrogen and oxygen atoms in total. The summed E-state index contributed by atoms with van der Waals surface area (Å²) in [4.78, 5) is 2.12. The largest absolute Gasteiger partial charge is 0.301 e. The summed E-state index contributed by atoms with van der Waals surface area (Å²) in [6.07, 6.45) is 1.31. The van der Waals surface area contributed by atoms with E-state index < -0.39 is 9.84 Å². The van der Waals surface area contributed by atoms with E-state index in [0.717, 1.165) is 19.6 Å². The summed E-state index contributed by atoms with van der Waals surface area (Å²) in [5, 5.41) is -0.0903. The topological polar surface area (TPSA) is 37.4 Å². The van der Waals surface area contributed by atoms with Gasteiger partial charge in [0.05, 0.1) is 5.25 Å². The molecule has 10 heavy (non-hydrogen) atoms. The zero-order valence-corrected chi connectivity index (χ0v) is 7.19. The predicted molar refractivity (Wildman–Crippen MR) is 40.7 cm³/mol. The second-order valence-electron chi connectivity index (χ2n) is 2.80. The van der Waals surface area contributed by atoms with Crippen LogP contribution in [0.25, 0.3) is 0 Å². The van der Waals surface area contributed by atoms with Crippen LogP contribution in [0.5, 0.6) is 0 Å². The Labute approximate surface area is 61.9 Å². The molecular weight excluding hydrogens is 150 g/mol. The van der Waals surface area contributed by atoms with Crippen LogP contribution >= 0.6 is 0 Å². The molecular formula is C6H13NO2S. The highest BCUT2D eigenvalue weighted by molar-refractivity contribution is 7.91. The summed E-state index contributed by atoms with van der Waals surface area (Å²) in [5.74, 6) is 0. The minimum atomic E-state index is -2.75. The van der Waals surface area contributed by atoms with Crippen molar-refractivity contribution in [2.45, 2.75) is 12.2 Å². The van der Waals surface area contributed by atoms with Crippen molar-refractivity contribution in [1.82, 2.24) is 4.90 Å². The van der Waals surface area contributed by atoms with Gasteiger partial charge in [0.25, 0.3) is 0 Å². The zero-order valence-electron chi connectivity index (χ0n) is 6.37. The van der Waals surface area contributed by atoms with Gasteiger partial charge in [-0.2, -0.15) is 0 Å². The van der Waals surface area contributed by atoms with Crippen molar-refractivity contribution < 1.29 is 8.42 Å². The maximum Gasteiger partial charge on any atom is 0.152 e. The molecule has 0 unspecified atom stereocenters. The van der Waals surface area contributed by atoms with Gasteiger partial charge in [0.2, 0.25) is 0 Å². The second kappa shape index (κ2) is 2.51. The Morgan fingerprint density at radius 3 is 2.30 bits per heavy atom. The van der Waals surface area contributed by atoms with Gasteiger partial charge in [-0.1, -0.05) is 6.92 Å². The normalized spacial score (nSPS) is 22.6. The molecule has 1 saturated heterocycles. The molecule has 0 spiro atoms. The van der Waals surface area contributed by atoms with Crippen LogP contribution in [0.3, 0.4) is 0 Å². The molecule has 0 aromatic carbocycles. The Morgan fingerprint density at radius 2 is 2.00 bits per heavy atom. The molecule has 0 radical (unpaired) electrons. The third-order valence-electron chi connectivity index (χ3n) is 1.98. The molecule has 0 atom stereocenters. The Bertz CT molecular complexity index is 204. The molecule has 60 valence electrons. The highest BCUT2D eigenvalue weighted by atomic mass is 32.2. The fourth-order valence-electron chi connectivity index (χ4n) is 1.05. The van der Waals surface area contributed by atoms with E-state index in [2.05, 4.69) is 4.90 Å². The summed E-state index contributed by atoms with van der Waals surface area (Å²) >= 11 is 0. The number of hydrogen-bond donors (Lipinski definition) is 0. The van der Waals surface area contributed by atoms with Crippen molar-refractivity contribution in [1.29, 1.82) is 0 Å². The number of hydrogen-bond acceptors (Lipinski definition) is 3. The first-order chi connectivity index (χ1) is 4.54. The van der Waals surface area contributed by atoms with Gasteiger partial charge in [0.15, 0.2) is 9.84 Å². The summed E-state index contributed by atoms with van der Waals surface area (Å²) in [7, 11) is -2.75.